The molecule has 10 heteroatoms. The van der Waals surface area contributed by atoms with Crippen LogP contribution in [0.2, 0.25) is 0 Å². The van der Waals surface area contributed by atoms with Crippen LogP contribution in [-0.4, -0.2) is 77.5 Å². The van der Waals surface area contributed by atoms with Gasteiger partial charge < -0.3 is 33.9 Å². The van der Waals surface area contributed by atoms with Crippen molar-refractivity contribution in [3.8, 4) is 0 Å². The summed E-state index contributed by atoms with van der Waals surface area (Å²) in [5.74, 6) is -0.956. The molecule has 2 aromatic heterocycles. The number of aliphatic hydroxyl groups excluding tert-OH is 1. The van der Waals surface area contributed by atoms with Crippen molar-refractivity contribution in [2.24, 2.45) is 0 Å². The van der Waals surface area contributed by atoms with Crippen molar-refractivity contribution < 1.29 is 33.6 Å². The first kappa shape index (κ1) is 23.9. The molecule has 4 heterocycles. The van der Waals surface area contributed by atoms with Crippen LogP contribution in [0, 0.1) is 0 Å². The average molecular weight is 472 g/mol. The molecule has 2 aliphatic heterocycles. The first-order valence-corrected chi connectivity index (χ1v) is 11.4. The Bertz CT molecular complexity index is 1090. The van der Waals surface area contributed by atoms with E-state index < -0.39 is 11.8 Å². The number of aromatic nitrogens is 2. The van der Waals surface area contributed by atoms with Crippen molar-refractivity contribution in [2.45, 2.75) is 32.2 Å². The number of Topliss-reactive ketones (excluding diaryl/α,β-unsaturated/α-hetero) is 1. The number of aromatic amines is 1. The molecule has 1 saturated heterocycles. The summed E-state index contributed by atoms with van der Waals surface area (Å²) in [4.78, 5) is 35.3. The van der Waals surface area contributed by atoms with E-state index in [4.69, 9.17) is 24.1 Å². The molecule has 2 aliphatic rings. The lowest BCUT2D eigenvalue weighted by Crippen LogP contribution is -2.42. The van der Waals surface area contributed by atoms with Crippen molar-refractivity contribution in [3.05, 3.63) is 47.3 Å². The minimum absolute atomic E-state index is 0.0498. The zero-order valence-corrected chi connectivity index (χ0v) is 19.1. The molecule has 0 amide bonds. The molecule has 34 heavy (non-hydrogen) atoms. The predicted molar refractivity (Wildman–Crippen MR) is 122 cm³/mol. The fourth-order valence-electron chi connectivity index (χ4n) is 4.15. The maximum absolute atomic E-state index is 13.3. The Kier molecular flexibility index (Phi) is 7.94. The van der Waals surface area contributed by atoms with Crippen molar-refractivity contribution in [2.75, 3.05) is 39.8 Å². The van der Waals surface area contributed by atoms with Gasteiger partial charge in [0.05, 0.1) is 32.5 Å². The van der Waals surface area contributed by atoms with E-state index in [0.717, 1.165) is 30.2 Å². The molecule has 2 N–H and O–H groups in total. The number of likely N-dealkylation sites (tertiary alicyclic amines) is 1. The summed E-state index contributed by atoms with van der Waals surface area (Å²) in [6, 6.07) is 3.60. The number of carbonyl (C=O) groups is 2. The largest absolute Gasteiger partial charge is 0.462 e. The summed E-state index contributed by atoms with van der Waals surface area (Å²) in [6.45, 7) is 2.95. The Morgan fingerprint density at radius 2 is 2.26 bits per heavy atom. The van der Waals surface area contributed by atoms with E-state index in [1.807, 2.05) is 17.0 Å². The van der Waals surface area contributed by atoms with Crippen LogP contribution in [0.1, 0.15) is 31.7 Å². The molecule has 0 radical (unpaired) electrons. The SMILES string of the molecule is CCOC(=O)C1=C(N2CCCCC2COCOCCO)O/C(=C\c2c[nH]c3ncccc23)C1=O. The van der Waals surface area contributed by atoms with Gasteiger partial charge in [0.2, 0.25) is 11.7 Å². The Hall–Kier alpha value is -3.21. The molecule has 2 aromatic rings. The van der Waals surface area contributed by atoms with E-state index in [2.05, 4.69) is 9.97 Å². The second-order valence-corrected chi connectivity index (χ2v) is 7.95. The van der Waals surface area contributed by atoms with Gasteiger partial charge in [-0.15, -0.1) is 0 Å². The topological polar surface area (TPSA) is 123 Å². The van der Waals surface area contributed by atoms with E-state index in [-0.39, 0.29) is 49.9 Å². The number of hydrogen-bond acceptors (Lipinski definition) is 9. The summed E-state index contributed by atoms with van der Waals surface area (Å²) in [5, 5.41) is 9.66. The third kappa shape index (κ3) is 5.14. The molecule has 0 spiro atoms. The molecular weight excluding hydrogens is 442 g/mol. The number of nitrogens with zero attached hydrogens (tertiary/aromatic N) is 2. The number of fused-ring (bicyclic) bond motifs is 1. The molecule has 1 unspecified atom stereocenters. The lowest BCUT2D eigenvalue weighted by Gasteiger charge is -2.37. The third-order valence-electron chi connectivity index (χ3n) is 5.72. The molecule has 10 nitrogen and oxygen atoms in total. The molecule has 4 rings (SSSR count). The lowest BCUT2D eigenvalue weighted by molar-refractivity contribution is -0.139. The molecule has 1 atom stereocenters. The molecule has 0 aliphatic carbocycles. The number of aliphatic hydroxyl groups is 1. The van der Waals surface area contributed by atoms with Crippen LogP contribution in [0.5, 0.6) is 0 Å². The van der Waals surface area contributed by atoms with Gasteiger partial charge in [0.25, 0.3) is 0 Å². The quantitative estimate of drug-likeness (QED) is 0.176. The van der Waals surface area contributed by atoms with Crippen LogP contribution < -0.4 is 0 Å². The maximum atomic E-state index is 13.3. The zero-order valence-electron chi connectivity index (χ0n) is 19.1. The average Bonchev–Trinajstić information content (AvgIpc) is 3.40. The molecule has 0 saturated carbocycles. The minimum atomic E-state index is -0.706. The Balaban J connectivity index is 1.60. The number of piperidine rings is 1. The number of allylic oxidation sites excluding steroid dienone is 1. The van der Waals surface area contributed by atoms with Crippen LogP contribution in [0.3, 0.4) is 0 Å². The molecular formula is C24H29N3O7. The van der Waals surface area contributed by atoms with Gasteiger partial charge in [-0.25, -0.2) is 9.78 Å². The summed E-state index contributed by atoms with van der Waals surface area (Å²) >= 11 is 0. The summed E-state index contributed by atoms with van der Waals surface area (Å²) < 4.78 is 22.0. The maximum Gasteiger partial charge on any atom is 0.347 e. The van der Waals surface area contributed by atoms with Gasteiger partial charge in [-0.3, -0.25) is 4.79 Å². The number of ketones is 1. The Labute approximate surface area is 197 Å². The van der Waals surface area contributed by atoms with Gasteiger partial charge in [0, 0.05) is 29.9 Å². The van der Waals surface area contributed by atoms with E-state index >= 15 is 0 Å². The standard InChI is InChI=1S/C24H29N3O7/c1-2-33-24(30)20-21(29)19(12-16-13-26-22-18(16)7-5-8-25-22)34-23(20)27-9-4-3-6-17(27)14-32-15-31-11-10-28/h5,7-8,12-13,17,28H,2-4,6,9-11,14-15H2,1H3,(H,25,26)/b19-12-. The van der Waals surface area contributed by atoms with Gasteiger partial charge in [-0.1, -0.05) is 0 Å². The molecule has 1 fully saturated rings. The van der Waals surface area contributed by atoms with Gasteiger partial charge >= 0.3 is 5.97 Å². The summed E-state index contributed by atoms with van der Waals surface area (Å²) in [5.41, 5.74) is 1.32. The highest BCUT2D eigenvalue weighted by atomic mass is 16.7. The molecule has 0 bridgehead atoms. The monoisotopic (exact) mass is 471 g/mol. The second kappa shape index (κ2) is 11.3. The van der Waals surface area contributed by atoms with Crippen LogP contribution in [0.25, 0.3) is 17.1 Å². The molecule has 182 valence electrons. The number of hydrogen-bond donors (Lipinski definition) is 2. The number of pyridine rings is 1. The van der Waals surface area contributed by atoms with E-state index in [9.17, 15) is 9.59 Å². The van der Waals surface area contributed by atoms with Crippen molar-refractivity contribution in [1.82, 2.24) is 14.9 Å². The summed E-state index contributed by atoms with van der Waals surface area (Å²) in [6.07, 6.45) is 7.73. The number of ether oxygens (including phenoxy) is 4. The highest BCUT2D eigenvalue weighted by molar-refractivity contribution is 6.26. The number of rotatable bonds is 10. The van der Waals surface area contributed by atoms with Crippen molar-refractivity contribution in [3.63, 3.8) is 0 Å². The second-order valence-electron chi connectivity index (χ2n) is 7.95. The number of H-pyrrole nitrogens is 1. The number of esters is 1. The first-order valence-electron chi connectivity index (χ1n) is 11.4. The van der Waals surface area contributed by atoms with Crippen molar-refractivity contribution in [1.29, 1.82) is 0 Å². The zero-order chi connectivity index (χ0) is 23.9. The van der Waals surface area contributed by atoms with Gasteiger partial charge in [-0.05, 0) is 44.4 Å². The predicted octanol–water partition coefficient (Wildman–Crippen LogP) is 2.12. The van der Waals surface area contributed by atoms with E-state index in [0.29, 0.717) is 18.8 Å². The van der Waals surface area contributed by atoms with Crippen LogP contribution in [0.4, 0.5) is 0 Å². The van der Waals surface area contributed by atoms with Gasteiger partial charge in [0.15, 0.2) is 11.3 Å². The van der Waals surface area contributed by atoms with E-state index in [1.54, 1.807) is 25.4 Å². The third-order valence-corrected chi connectivity index (χ3v) is 5.72. The first-order chi connectivity index (χ1) is 16.6. The summed E-state index contributed by atoms with van der Waals surface area (Å²) in [7, 11) is 0. The highest BCUT2D eigenvalue weighted by Crippen LogP contribution is 2.34. The smallest absolute Gasteiger partial charge is 0.347 e. The van der Waals surface area contributed by atoms with Crippen LogP contribution >= 0.6 is 0 Å². The Morgan fingerprint density at radius 3 is 3.09 bits per heavy atom. The minimum Gasteiger partial charge on any atom is -0.462 e. The lowest BCUT2D eigenvalue weighted by atomic mass is 10.0. The van der Waals surface area contributed by atoms with E-state index in [1.165, 1.54) is 0 Å². The highest BCUT2D eigenvalue weighted by Gasteiger charge is 2.41. The fraction of sp³-hybridized carbons (Fsp3) is 0.458. The van der Waals surface area contributed by atoms with Crippen LogP contribution in [0.15, 0.2) is 41.7 Å². The Morgan fingerprint density at radius 1 is 1.38 bits per heavy atom. The number of nitrogens with one attached hydrogen (secondary N) is 1. The van der Waals surface area contributed by atoms with Crippen molar-refractivity contribution >= 4 is 28.9 Å². The molecule has 0 aromatic carbocycles. The number of carbonyl (C=O) groups excluding carboxylic acids is 2. The normalized spacial score (nSPS) is 19.8. The van der Waals surface area contributed by atoms with Crippen LogP contribution in [-0.2, 0) is 28.5 Å². The van der Waals surface area contributed by atoms with Gasteiger partial charge in [0.1, 0.15) is 12.4 Å². The fourth-order valence-corrected chi connectivity index (χ4v) is 4.15. The van der Waals surface area contributed by atoms with Gasteiger partial charge in [-0.2, -0.15) is 0 Å².